The summed E-state index contributed by atoms with van der Waals surface area (Å²) in [5.41, 5.74) is 1.97. The highest BCUT2D eigenvalue weighted by Crippen LogP contribution is 2.48. The molecule has 0 bridgehead atoms. The van der Waals surface area contributed by atoms with Crippen LogP contribution in [0.1, 0.15) is 56.4 Å². The quantitative estimate of drug-likeness (QED) is 0.581. The summed E-state index contributed by atoms with van der Waals surface area (Å²) >= 11 is 3.13. The molecular formula is C20H23N3O2S2. The lowest BCUT2D eigenvalue weighted by molar-refractivity contribution is -0.118. The van der Waals surface area contributed by atoms with Crippen molar-refractivity contribution >= 4 is 34.7 Å². The fraction of sp³-hybridized carbons (Fsp3) is 0.450. The van der Waals surface area contributed by atoms with Crippen LogP contribution < -0.4 is 10.9 Å². The maximum Gasteiger partial charge on any atom is 0.257 e. The molecule has 0 aromatic carbocycles. The number of carbonyl (C=O) groups excluding carboxylic acids is 1. The fourth-order valence-corrected chi connectivity index (χ4v) is 5.46. The summed E-state index contributed by atoms with van der Waals surface area (Å²) in [6, 6.07) is 3.97. The maximum atomic E-state index is 13.0. The second kappa shape index (κ2) is 6.95. The molecule has 1 atom stereocenters. The predicted octanol–water partition coefficient (Wildman–Crippen LogP) is 4.53. The van der Waals surface area contributed by atoms with Gasteiger partial charge in [0.2, 0.25) is 0 Å². The molecule has 0 saturated heterocycles. The van der Waals surface area contributed by atoms with Crippen LogP contribution in [-0.4, -0.2) is 21.5 Å². The summed E-state index contributed by atoms with van der Waals surface area (Å²) < 4.78 is 0. The second-order valence-corrected chi connectivity index (χ2v) is 9.95. The Labute approximate surface area is 166 Å². The van der Waals surface area contributed by atoms with Crippen molar-refractivity contribution in [3.63, 3.8) is 0 Å². The van der Waals surface area contributed by atoms with E-state index >= 15 is 0 Å². The van der Waals surface area contributed by atoms with Gasteiger partial charge in [-0.1, -0.05) is 38.6 Å². The molecule has 4 rings (SSSR count). The van der Waals surface area contributed by atoms with Crippen molar-refractivity contribution in [1.29, 1.82) is 0 Å². The molecule has 1 unspecified atom stereocenters. The zero-order chi connectivity index (χ0) is 19.2. The second-order valence-electron chi connectivity index (χ2n) is 7.89. The van der Waals surface area contributed by atoms with E-state index in [-0.39, 0.29) is 22.7 Å². The third kappa shape index (κ3) is 3.38. The number of carbonyl (C=O) groups is 1. The molecule has 2 aromatic rings. The maximum absolute atomic E-state index is 13.0. The number of anilines is 1. The Balaban J connectivity index is 1.89. The zero-order valence-corrected chi connectivity index (χ0v) is 17.4. The van der Waals surface area contributed by atoms with Crippen molar-refractivity contribution in [3.05, 3.63) is 49.6 Å². The van der Waals surface area contributed by atoms with E-state index in [1.54, 1.807) is 23.1 Å². The molecule has 0 fully saturated rings. The third-order valence-corrected chi connectivity index (χ3v) is 6.99. The largest absolute Gasteiger partial charge is 0.343 e. The Morgan fingerprint density at radius 2 is 2.15 bits per heavy atom. The molecule has 0 spiro atoms. The molecule has 0 saturated carbocycles. The molecule has 2 aromatic heterocycles. The van der Waals surface area contributed by atoms with E-state index < -0.39 is 0 Å². The van der Waals surface area contributed by atoms with Crippen molar-refractivity contribution in [1.82, 2.24) is 9.97 Å². The number of rotatable bonds is 4. The molecule has 1 aliphatic carbocycles. The van der Waals surface area contributed by atoms with E-state index in [1.165, 1.54) is 0 Å². The average Bonchev–Trinajstić information content (AvgIpc) is 3.11. The molecule has 2 N–H and O–H groups in total. The first-order chi connectivity index (χ1) is 12.9. The first kappa shape index (κ1) is 18.5. The lowest BCUT2D eigenvalue weighted by atomic mass is 9.70. The summed E-state index contributed by atoms with van der Waals surface area (Å²) in [7, 11) is 0. The highest BCUT2D eigenvalue weighted by Gasteiger charge is 2.42. The van der Waals surface area contributed by atoms with Gasteiger partial charge < -0.3 is 10.3 Å². The zero-order valence-electron chi connectivity index (χ0n) is 15.7. The molecule has 3 heterocycles. The highest BCUT2D eigenvalue weighted by atomic mass is 32.2. The number of thioether (sulfide) groups is 1. The van der Waals surface area contributed by atoms with E-state index in [4.69, 9.17) is 4.98 Å². The van der Waals surface area contributed by atoms with Gasteiger partial charge in [0.25, 0.3) is 5.56 Å². The number of nitrogens with zero attached hydrogens (tertiary/aromatic N) is 1. The van der Waals surface area contributed by atoms with Gasteiger partial charge in [-0.25, -0.2) is 4.98 Å². The molecule has 7 heteroatoms. The Bertz CT molecular complexity index is 974. The number of aromatic amines is 1. The van der Waals surface area contributed by atoms with Gasteiger partial charge in [-0.05, 0) is 29.7 Å². The minimum atomic E-state index is -0.332. The first-order valence-electron chi connectivity index (χ1n) is 9.23. The van der Waals surface area contributed by atoms with Crippen LogP contribution in [-0.2, 0) is 4.79 Å². The van der Waals surface area contributed by atoms with E-state index in [0.717, 1.165) is 34.7 Å². The highest BCUT2D eigenvalue weighted by molar-refractivity contribution is 7.99. The van der Waals surface area contributed by atoms with E-state index in [0.29, 0.717) is 23.0 Å². The van der Waals surface area contributed by atoms with Crippen LogP contribution in [0.2, 0.25) is 0 Å². The van der Waals surface area contributed by atoms with Gasteiger partial charge in [0.05, 0.1) is 11.5 Å². The van der Waals surface area contributed by atoms with Gasteiger partial charge in [0.1, 0.15) is 5.82 Å². The van der Waals surface area contributed by atoms with Crippen LogP contribution in [0.25, 0.3) is 0 Å². The van der Waals surface area contributed by atoms with Gasteiger partial charge in [-0.2, -0.15) is 0 Å². The Morgan fingerprint density at radius 3 is 2.85 bits per heavy atom. The molecule has 5 nitrogen and oxygen atoms in total. The van der Waals surface area contributed by atoms with Crippen molar-refractivity contribution in [2.75, 3.05) is 11.1 Å². The molecule has 27 heavy (non-hydrogen) atoms. The normalized spacial score (nSPS) is 20.9. The molecule has 0 radical (unpaired) electrons. The molecule has 142 valence electrons. The molecular weight excluding hydrogens is 378 g/mol. The number of ketones is 1. The van der Waals surface area contributed by atoms with Crippen molar-refractivity contribution in [2.45, 2.75) is 51.1 Å². The van der Waals surface area contributed by atoms with Crippen molar-refractivity contribution in [3.8, 4) is 0 Å². The molecule has 2 aliphatic rings. The van der Waals surface area contributed by atoms with Crippen LogP contribution in [0.15, 0.2) is 38.7 Å². The van der Waals surface area contributed by atoms with E-state index in [9.17, 15) is 9.59 Å². The smallest absolute Gasteiger partial charge is 0.257 e. The molecule has 0 amide bonds. The number of allylic oxidation sites excluding steroid dienone is 2. The Hall–Kier alpha value is -1.86. The van der Waals surface area contributed by atoms with Gasteiger partial charge in [-0.3, -0.25) is 9.59 Å². The van der Waals surface area contributed by atoms with Gasteiger partial charge >= 0.3 is 0 Å². The van der Waals surface area contributed by atoms with Crippen molar-refractivity contribution in [2.24, 2.45) is 5.41 Å². The SMILES string of the molecule is CCCSc1nc2c(c(=O)[nH]1)C(c1cccs1)C1=C(CC(C)(C)CC1=O)N2. The summed E-state index contributed by atoms with van der Waals surface area (Å²) in [6.45, 7) is 6.32. The number of thiophene rings is 1. The predicted molar refractivity (Wildman–Crippen MR) is 111 cm³/mol. The van der Waals surface area contributed by atoms with Gasteiger partial charge in [-0.15, -0.1) is 11.3 Å². The number of H-pyrrole nitrogens is 1. The number of aromatic nitrogens is 2. The van der Waals surface area contributed by atoms with E-state index in [2.05, 4.69) is 31.1 Å². The summed E-state index contributed by atoms with van der Waals surface area (Å²) in [4.78, 5) is 34.7. The fourth-order valence-electron chi connectivity index (χ4n) is 3.90. The average molecular weight is 402 g/mol. The van der Waals surface area contributed by atoms with Crippen LogP contribution in [0.3, 0.4) is 0 Å². The standard InChI is InChI=1S/C20H23N3O2S2/c1-4-7-27-19-22-17-16(18(25)23-19)15(13-6-5-8-26-13)14-11(21-17)9-20(2,3)10-12(14)24/h5-6,8,15H,4,7,9-10H2,1-3H3,(H2,21,22,23,25). The molecule has 1 aliphatic heterocycles. The number of fused-ring (bicyclic) bond motifs is 1. The minimum Gasteiger partial charge on any atom is -0.343 e. The number of hydrogen-bond acceptors (Lipinski definition) is 6. The summed E-state index contributed by atoms with van der Waals surface area (Å²) in [5, 5.41) is 5.97. The Kier molecular flexibility index (Phi) is 4.76. The third-order valence-electron chi connectivity index (χ3n) is 4.97. The van der Waals surface area contributed by atoms with E-state index in [1.807, 2.05) is 17.5 Å². The Morgan fingerprint density at radius 1 is 1.33 bits per heavy atom. The van der Waals surface area contributed by atoms with Gasteiger partial charge in [0, 0.05) is 28.3 Å². The van der Waals surface area contributed by atoms with Crippen LogP contribution >= 0.6 is 23.1 Å². The van der Waals surface area contributed by atoms with Crippen LogP contribution in [0.5, 0.6) is 0 Å². The minimum absolute atomic E-state index is 0.0958. The number of nitrogens with one attached hydrogen (secondary N) is 2. The lowest BCUT2D eigenvalue weighted by Crippen LogP contribution is -2.36. The van der Waals surface area contributed by atoms with Gasteiger partial charge in [0.15, 0.2) is 10.9 Å². The van der Waals surface area contributed by atoms with Crippen LogP contribution in [0, 0.1) is 5.41 Å². The number of Topliss-reactive ketones (excluding diaryl/α,β-unsaturated/α-hetero) is 1. The van der Waals surface area contributed by atoms with Crippen LogP contribution in [0.4, 0.5) is 5.82 Å². The number of hydrogen-bond donors (Lipinski definition) is 2. The monoisotopic (exact) mass is 401 g/mol. The van der Waals surface area contributed by atoms with Crippen molar-refractivity contribution < 1.29 is 4.79 Å². The summed E-state index contributed by atoms with van der Waals surface area (Å²) in [5.74, 6) is 1.29. The first-order valence-corrected chi connectivity index (χ1v) is 11.1. The lowest BCUT2D eigenvalue weighted by Gasteiger charge is -2.38. The summed E-state index contributed by atoms with van der Waals surface area (Å²) in [6.07, 6.45) is 2.29. The topological polar surface area (TPSA) is 74.8 Å².